The summed E-state index contributed by atoms with van der Waals surface area (Å²) in [5.74, 6) is 1.06. The minimum absolute atomic E-state index is 0.213. The molecule has 0 bridgehead atoms. The number of anilines is 2. The van der Waals surface area contributed by atoms with Gasteiger partial charge in [0.05, 0.1) is 0 Å². The van der Waals surface area contributed by atoms with Gasteiger partial charge < -0.3 is 4.90 Å². The molecule has 5 heteroatoms. The van der Waals surface area contributed by atoms with Gasteiger partial charge in [0, 0.05) is 23.7 Å². The first-order valence-electron chi connectivity index (χ1n) is 6.74. The smallest absolute Gasteiger partial charge is 0.140 e. The lowest BCUT2D eigenvalue weighted by molar-refractivity contribution is 0.544. The van der Waals surface area contributed by atoms with Crippen molar-refractivity contribution in [2.45, 2.75) is 33.1 Å². The van der Waals surface area contributed by atoms with Crippen molar-refractivity contribution in [1.29, 1.82) is 0 Å². The van der Waals surface area contributed by atoms with Crippen LogP contribution >= 0.6 is 11.6 Å². The molecule has 0 aliphatic rings. The van der Waals surface area contributed by atoms with Gasteiger partial charge in [-0.25, -0.2) is 14.4 Å². The second-order valence-corrected chi connectivity index (χ2v) is 6.43. The fraction of sp³-hybridized carbons (Fsp3) is 0.375. The highest BCUT2D eigenvalue weighted by Crippen LogP contribution is 2.31. The molecule has 0 radical (unpaired) electrons. The Labute approximate surface area is 129 Å². The Balaban J connectivity index is 2.55. The fourth-order valence-corrected chi connectivity index (χ4v) is 2.11. The van der Waals surface area contributed by atoms with E-state index in [1.54, 1.807) is 6.07 Å². The first-order chi connectivity index (χ1) is 9.70. The van der Waals surface area contributed by atoms with Crippen LogP contribution in [0.15, 0.2) is 24.3 Å². The molecule has 2 aromatic rings. The van der Waals surface area contributed by atoms with Crippen LogP contribution in [0, 0.1) is 12.7 Å². The Hall–Kier alpha value is -1.68. The van der Waals surface area contributed by atoms with Gasteiger partial charge in [0.15, 0.2) is 0 Å². The molecular formula is C16H19ClFN3. The van der Waals surface area contributed by atoms with Crippen molar-refractivity contribution in [3.05, 3.63) is 46.6 Å². The molecule has 21 heavy (non-hydrogen) atoms. The van der Waals surface area contributed by atoms with Crippen LogP contribution in [-0.2, 0) is 5.41 Å². The Morgan fingerprint density at radius 1 is 1.19 bits per heavy atom. The topological polar surface area (TPSA) is 29.0 Å². The zero-order valence-electron chi connectivity index (χ0n) is 12.9. The number of benzene rings is 1. The Morgan fingerprint density at radius 3 is 2.43 bits per heavy atom. The summed E-state index contributed by atoms with van der Waals surface area (Å²) >= 11 is 6.24. The van der Waals surface area contributed by atoms with Crippen LogP contribution in [0.4, 0.5) is 15.9 Å². The average Bonchev–Trinajstić information content (AvgIpc) is 2.39. The largest absolute Gasteiger partial charge is 0.329 e. The van der Waals surface area contributed by atoms with Crippen molar-refractivity contribution < 1.29 is 4.39 Å². The summed E-state index contributed by atoms with van der Waals surface area (Å²) in [4.78, 5) is 10.8. The molecule has 0 amide bonds. The monoisotopic (exact) mass is 307 g/mol. The third kappa shape index (κ3) is 3.32. The van der Waals surface area contributed by atoms with E-state index < -0.39 is 0 Å². The third-order valence-electron chi connectivity index (χ3n) is 3.24. The molecule has 1 aromatic carbocycles. The summed E-state index contributed by atoms with van der Waals surface area (Å²) in [5.41, 5.74) is 1.28. The zero-order chi connectivity index (χ0) is 15.8. The molecule has 0 unspecified atom stereocenters. The van der Waals surface area contributed by atoms with Crippen LogP contribution in [0.2, 0.25) is 5.15 Å². The number of rotatable bonds is 2. The van der Waals surface area contributed by atoms with Crippen LogP contribution in [0.1, 0.15) is 32.2 Å². The predicted molar refractivity (Wildman–Crippen MR) is 84.9 cm³/mol. The molecule has 0 saturated carbocycles. The lowest BCUT2D eigenvalue weighted by Crippen LogP contribution is -2.21. The van der Waals surface area contributed by atoms with Crippen molar-refractivity contribution in [3.63, 3.8) is 0 Å². The van der Waals surface area contributed by atoms with Gasteiger partial charge >= 0.3 is 0 Å². The highest BCUT2D eigenvalue weighted by Gasteiger charge is 2.22. The van der Waals surface area contributed by atoms with Crippen molar-refractivity contribution in [3.8, 4) is 0 Å². The van der Waals surface area contributed by atoms with Crippen molar-refractivity contribution in [2.24, 2.45) is 0 Å². The lowest BCUT2D eigenvalue weighted by atomic mass is 9.95. The summed E-state index contributed by atoms with van der Waals surface area (Å²) < 4.78 is 13.4. The second kappa shape index (κ2) is 5.60. The first kappa shape index (κ1) is 15.7. The predicted octanol–water partition coefficient (Wildman–Crippen LogP) is 4.64. The van der Waals surface area contributed by atoms with Gasteiger partial charge in [-0.1, -0.05) is 38.4 Å². The molecule has 0 fully saturated rings. The summed E-state index contributed by atoms with van der Waals surface area (Å²) in [6.07, 6.45) is 0. The molecule has 0 aliphatic carbocycles. The average molecular weight is 308 g/mol. The SMILES string of the molecule is Cc1c(Cl)nc(C(C)(C)C)nc1N(C)c1cccc(F)c1. The standard InChI is InChI=1S/C16H19ClFN3/c1-10-13(17)19-15(16(2,3)4)20-14(10)21(5)12-8-6-7-11(18)9-12/h6-9H,1-5H3. The Morgan fingerprint density at radius 2 is 1.86 bits per heavy atom. The van der Waals surface area contributed by atoms with Gasteiger partial charge in [-0.3, -0.25) is 0 Å². The van der Waals surface area contributed by atoms with E-state index in [1.165, 1.54) is 12.1 Å². The van der Waals surface area contributed by atoms with E-state index in [4.69, 9.17) is 11.6 Å². The number of aromatic nitrogens is 2. The van der Waals surface area contributed by atoms with Crippen molar-refractivity contribution >= 4 is 23.1 Å². The maximum atomic E-state index is 13.4. The molecule has 0 saturated heterocycles. The van der Waals surface area contributed by atoms with E-state index in [0.29, 0.717) is 22.5 Å². The van der Waals surface area contributed by atoms with Crippen LogP contribution < -0.4 is 4.90 Å². The Kier molecular flexibility index (Phi) is 4.19. The van der Waals surface area contributed by atoms with E-state index in [1.807, 2.05) is 45.7 Å². The Bertz CT molecular complexity index is 665. The minimum atomic E-state index is -0.284. The van der Waals surface area contributed by atoms with Gasteiger partial charge in [-0.15, -0.1) is 0 Å². The molecule has 3 nitrogen and oxygen atoms in total. The minimum Gasteiger partial charge on any atom is -0.329 e. The second-order valence-electron chi connectivity index (χ2n) is 6.08. The van der Waals surface area contributed by atoms with Gasteiger partial charge in [0.25, 0.3) is 0 Å². The highest BCUT2D eigenvalue weighted by atomic mass is 35.5. The number of halogens is 2. The normalized spacial score (nSPS) is 11.6. The van der Waals surface area contributed by atoms with E-state index in [-0.39, 0.29) is 11.2 Å². The molecule has 1 heterocycles. The molecule has 0 atom stereocenters. The summed E-state index contributed by atoms with van der Waals surface area (Å²) in [7, 11) is 1.84. The van der Waals surface area contributed by atoms with E-state index in [9.17, 15) is 4.39 Å². The first-order valence-corrected chi connectivity index (χ1v) is 7.12. The molecule has 0 aliphatic heterocycles. The zero-order valence-corrected chi connectivity index (χ0v) is 13.7. The van der Waals surface area contributed by atoms with Crippen molar-refractivity contribution in [1.82, 2.24) is 9.97 Å². The van der Waals surface area contributed by atoms with E-state index in [2.05, 4.69) is 9.97 Å². The highest BCUT2D eigenvalue weighted by molar-refractivity contribution is 6.30. The van der Waals surface area contributed by atoms with Crippen molar-refractivity contribution in [2.75, 3.05) is 11.9 Å². The molecule has 0 N–H and O–H groups in total. The van der Waals surface area contributed by atoms with Gasteiger partial charge in [0.2, 0.25) is 0 Å². The van der Waals surface area contributed by atoms with Crippen LogP contribution in [0.3, 0.4) is 0 Å². The van der Waals surface area contributed by atoms with Crippen LogP contribution in [0.5, 0.6) is 0 Å². The lowest BCUT2D eigenvalue weighted by Gasteiger charge is -2.24. The molecule has 2 rings (SSSR count). The summed E-state index contributed by atoms with van der Waals surface area (Å²) in [6, 6.07) is 6.38. The van der Waals surface area contributed by atoms with Crippen LogP contribution in [0.25, 0.3) is 0 Å². The maximum Gasteiger partial charge on any atom is 0.140 e. The molecule has 1 aromatic heterocycles. The van der Waals surface area contributed by atoms with E-state index >= 15 is 0 Å². The number of hydrogen-bond donors (Lipinski definition) is 0. The maximum absolute atomic E-state index is 13.4. The van der Waals surface area contributed by atoms with E-state index in [0.717, 1.165) is 5.56 Å². The number of hydrogen-bond acceptors (Lipinski definition) is 3. The summed E-state index contributed by atoms with van der Waals surface area (Å²) in [6.45, 7) is 7.94. The fourth-order valence-electron chi connectivity index (χ4n) is 1.95. The quantitative estimate of drug-likeness (QED) is 0.757. The molecule has 0 spiro atoms. The number of nitrogens with zero attached hydrogens (tertiary/aromatic N) is 3. The van der Waals surface area contributed by atoms with Gasteiger partial charge in [-0.05, 0) is 25.1 Å². The summed E-state index contributed by atoms with van der Waals surface area (Å²) in [5, 5.41) is 0.424. The van der Waals surface area contributed by atoms with Crippen LogP contribution in [-0.4, -0.2) is 17.0 Å². The molecule has 112 valence electrons. The third-order valence-corrected chi connectivity index (χ3v) is 3.61. The van der Waals surface area contributed by atoms with Gasteiger partial charge in [0.1, 0.15) is 22.6 Å². The molecular weight excluding hydrogens is 289 g/mol. The van der Waals surface area contributed by atoms with Gasteiger partial charge in [-0.2, -0.15) is 0 Å².